The van der Waals surface area contributed by atoms with Gasteiger partial charge in [0.05, 0.1) is 13.2 Å². The minimum Gasteiger partial charge on any atom is -0.468 e. The number of Topliss-reactive ketones (excluding diaryl/α,β-unsaturated/α-hetero) is 1. The van der Waals surface area contributed by atoms with E-state index in [0.29, 0.717) is 12.8 Å². The number of rotatable bonds is 3. The van der Waals surface area contributed by atoms with Crippen molar-refractivity contribution in [2.24, 2.45) is 11.8 Å². The zero-order chi connectivity index (χ0) is 11.4. The molecule has 0 aromatic rings. The smallest absolute Gasteiger partial charge is 0.316 e. The molecule has 0 bridgehead atoms. The predicted molar refractivity (Wildman–Crippen MR) is 54.3 cm³/mol. The van der Waals surface area contributed by atoms with Gasteiger partial charge in [-0.05, 0) is 12.8 Å². The van der Waals surface area contributed by atoms with E-state index < -0.39 is 11.9 Å². The Hall–Kier alpha value is -0.900. The van der Waals surface area contributed by atoms with E-state index in [-0.39, 0.29) is 17.8 Å². The third-order valence-corrected chi connectivity index (χ3v) is 3.16. The van der Waals surface area contributed by atoms with Crippen molar-refractivity contribution in [3.63, 3.8) is 0 Å². The van der Waals surface area contributed by atoms with Gasteiger partial charge in [0.2, 0.25) is 0 Å². The van der Waals surface area contributed by atoms with Crippen LogP contribution >= 0.6 is 0 Å². The van der Waals surface area contributed by atoms with Gasteiger partial charge in [-0.1, -0.05) is 6.92 Å². The number of ketones is 1. The largest absolute Gasteiger partial charge is 0.468 e. The maximum absolute atomic E-state index is 11.7. The first-order valence-corrected chi connectivity index (χ1v) is 5.29. The van der Waals surface area contributed by atoms with Crippen LogP contribution < -0.4 is 0 Å². The normalized spacial score (nSPS) is 31.4. The summed E-state index contributed by atoms with van der Waals surface area (Å²) in [6.07, 6.45) is 1.87. The molecule has 86 valence electrons. The van der Waals surface area contributed by atoms with Crippen LogP contribution in [0.3, 0.4) is 0 Å². The van der Waals surface area contributed by atoms with E-state index in [2.05, 4.69) is 4.74 Å². The van der Waals surface area contributed by atoms with Gasteiger partial charge in [0.25, 0.3) is 0 Å². The first-order valence-electron chi connectivity index (χ1n) is 5.29. The molecular weight excluding hydrogens is 196 g/mol. The lowest BCUT2D eigenvalue weighted by Gasteiger charge is -2.34. The second-order valence-electron chi connectivity index (χ2n) is 3.85. The number of hydrogen-bond donors (Lipinski definition) is 0. The highest BCUT2D eigenvalue weighted by Gasteiger charge is 2.42. The summed E-state index contributed by atoms with van der Waals surface area (Å²) in [5.74, 6) is -1.10. The van der Waals surface area contributed by atoms with Crippen LogP contribution in [0.5, 0.6) is 0 Å². The van der Waals surface area contributed by atoms with Gasteiger partial charge in [-0.3, -0.25) is 9.59 Å². The van der Waals surface area contributed by atoms with Crippen molar-refractivity contribution in [3.8, 4) is 0 Å². The third-order valence-electron chi connectivity index (χ3n) is 3.16. The number of hydrogen-bond acceptors (Lipinski definition) is 4. The van der Waals surface area contributed by atoms with Crippen LogP contribution in [-0.4, -0.2) is 32.1 Å². The van der Waals surface area contributed by atoms with E-state index in [9.17, 15) is 9.59 Å². The highest BCUT2D eigenvalue weighted by Crippen LogP contribution is 2.32. The van der Waals surface area contributed by atoms with Crippen molar-refractivity contribution in [1.29, 1.82) is 0 Å². The zero-order valence-electron chi connectivity index (χ0n) is 9.49. The summed E-state index contributed by atoms with van der Waals surface area (Å²) >= 11 is 0. The molecule has 1 aliphatic rings. The summed E-state index contributed by atoms with van der Waals surface area (Å²) in [6.45, 7) is 1.96. The van der Waals surface area contributed by atoms with Gasteiger partial charge in [0.15, 0.2) is 0 Å². The average molecular weight is 214 g/mol. The third kappa shape index (κ3) is 2.37. The van der Waals surface area contributed by atoms with Crippen LogP contribution in [0.2, 0.25) is 0 Å². The van der Waals surface area contributed by atoms with E-state index >= 15 is 0 Å². The van der Waals surface area contributed by atoms with Gasteiger partial charge in [0.1, 0.15) is 11.7 Å². The molecule has 3 atom stereocenters. The molecule has 0 radical (unpaired) electrons. The molecule has 0 aromatic carbocycles. The molecule has 0 saturated heterocycles. The van der Waals surface area contributed by atoms with Crippen LogP contribution in [0.1, 0.15) is 26.2 Å². The fourth-order valence-electron chi connectivity index (χ4n) is 2.33. The minimum absolute atomic E-state index is 0.00296. The second kappa shape index (κ2) is 5.26. The summed E-state index contributed by atoms with van der Waals surface area (Å²) < 4.78 is 9.98. The summed E-state index contributed by atoms with van der Waals surface area (Å²) in [4.78, 5) is 23.2. The lowest BCUT2D eigenvalue weighted by Crippen LogP contribution is -2.43. The molecule has 1 aliphatic carbocycles. The van der Waals surface area contributed by atoms with E-state index in [1.165, 1.54) is 7.11 Å². The van der Waals surface area contributed by atoms with Crippen LogP contribution in [0.25, 0.3) is 0 Å². The fourth-order valence-corrected chi connectivity index (χ4v) is 2.33. The molecule has 0 aromatic heterocycles. The molecule has 1 saturated carbocycles. The molecule has 4 heteroatoms. The Morgan fingerprint density at radius 1 is 1.47 bits per heavy atom. The molecule has 1 unspecified atom stereocenters. The summed E-state index contributed by atoms with van der Waals surface area (Å²) in [5, 5.41) is 0. The molecular formula is C11H18O4. The quantitative estimate of drug-likeness (QED) is 0.523. The van der Waals surface area contributed by atoms with E-state index in [1.807, 2.05) is 6.92 Å². The highest BCUT2D eigenvalue weighted by atomic mass is 16.5. The van der Waals surface area contributed by atoms with E-state index in [1.54, 1.807) is 7.11 Å². The molecule has 0 spiro atoms. The molecule has 1 rings (SSSR count). The standard InChI is InChI=1S/C11H18O4/c1-4-7-9(14-2)6-5-8(12)10(7)11(13)15-3/h7,9-10H,4-6H2,1-3H3/t7-,9-,10?/m0/s1. The summed E-state index contributed by atoms with van der Waals surface area (Å²) in [5.41, 5.74) is 0. The Morgan fingerprint density at radius 3 is 2.60 bits per heavy atom. The maximum atomic E-state index is 11.7. The summed E-state index contributed by atoms with van der Waals surface area (Å²) in [7, 11) is 2.94. The minimum atomic E-state index is -0.626. The molecule has 1 fully saturated rings. The average Bonchev–Trinajstić information content (AvgIpc) is 2.27. The lowest BCUT2D eigenvalue weighted by atomic mass is 9.75. The second-order valence-corrected chi connectivity index (χ2v) is 3.85. The highest BCUT2D eigenvalue weighted by molar-refractivity contribution is 5.99. The van der Waals surface area contributed by atoms with Gasteiger partial charge in [-0.15, -0.1) is 0 Å². The number of ether oxygens (including phenoxy) is 2. The van der Waals surface area contributed by atoms with Crippen molar-refractivity contribution in [1.82, 2.24) is 0 Å². The lowest BCUT2D eigenvalue weighted by molar-refractivity contribution is -0.157. The van der Waals surface area contributed by atoms with Crippen molar-refractivity contribution in [3.05, 3.63) is 0 Å². The zero-order valence-corrected chi connectivity index (χ0v) is 9.49. The Kier molecular flexibility index (Phi) is 4.27. The molecule has 4 nitrogen and oxygen atoms in total. The first kappa shape index (κ1) is 12.2. The summed E-state index contributed by atoms with van der Waals surface area (Å²) in [6, 6.07) is 0. The number of carbonyl (C=O) groups excluding carboxylic acids is 2. The Morgan fingerprint density at radius 2 is 2.13 bits per heavy atom. The van der Waals surface area contributed by atoms with Gasteiger partial charge >= 0.3 is 5.97 Å². The van der Waals surface area contributed by atoms with Crippen LogP contribution in [0, 0.1) is 11.8 Å². The fraction of sp³-hybridized carbons (Fsp3) is 0.818. The first-order chi connectivity index (χ1) is 7.15. The maximum Gasteiger partial charge on any atom is 0.316 e. The van der Waals surface area contributed by atoms with Crippen molar-refractivity contribution in [2.45, 2.75) is 32.3 Å². The molecule has 0 aliphatic heterocycles. The number of carbonyl (C=O) groups is 2. The van der Waals surface area contributed by atoms with E-state index in [4.69, 9.17) is 4.74 Å². The SMILES string of the molecule is CC[C@@H]1C(C(=O)OC)C(=O)CC[C@@H]1OC. The van der Waals surface area contributed by atoms with Gasteiger partial charge in [0, 0.05) is 19.4 Å². The van der Waals surface area contributed by atoms with Crippen molar-refractivity contribution in [2.75, 3.05) is 14.2 Å². The predicted octanol–water partition coefficient (Wildman–Crippen LogP) is 1.18. The molecule has 0 amide bonds. The monoisotopic (exact) mass is 214 g/mol. The molecule has 0 N–H and O–H groups in total. The van der Waals surface area contributed by atoms with E-state index in [0.717, 1.165) is 6.42 Å². The van der Waals surface area contributed by atoms with Gasteiger partial charge in [-0.25, -0.2) is 0 Å². The van der Waals surface area contributed by atoms with Crippen molar-refractivity contribution < 1.29 is 19.1 Å². The Balaban J connectivity index is 2.86. The number of methoxy groups -OCH3 is 2. The van der Waals surface area contributed by atoms with Crippen LogP contribution in [0.4, 0.5) is 0 Å². The Bertz CT molecular complexity index is 241. The van der Waals surface area contributed by atoms with Crippen LogP contribution in [-0.2, 0) is 19.1 Å². The van der Waals surface area contributed by atoms with Gasteiger partial charge in [-0.2, -0.15) is 0 Å². The topological polar surface area (TPSA) is 52.6 Å². The van der Waals surface area contributed by atoms with Crippen LogP contribution in [0.15, 0.2) is 0 Å². The van der Waals surface area contributed by atoms with Gasteiger partial charge < -0.3 is 9.47 Å². The number of esters is 1. The Labute approximate surface area is 89.9 Å². The molecule has 0 heterocycles. The molecule has 15 heavy (non-hydrogen) atoms. The van der Waals surface area contributed by atoms with Crippen molar-refractivity contribution >= 4 is 11.8 Å².